The number of carbonyl (C=O) groups excluding carboxylic acids is 3. The number of nitrogens with two attached hydrogens (primary N) is 1. The summed E-state index contributed by atoms with van der Waals surface area (Å²) in [7, 11) is 0. The third kappa shape index (κ3) is 4.46. The van der Waals surface area contributed by atoms with Gasteiger partial charge in [-0.25, -0.2) is 0 Å². The van der Waals surface area contributed by atoms with Crippen LogP contribution >= 0.6 is 11.3 Å². The standard InChI is InChI=1S/C25H33N5O3S/c1-15(16(2)29-17(3)31)10-11-21-20-8-4-6-18-7-5-9-22(32)30(23(18)20)25(21,26)24(33)28-13-19-12-27-14-34-19/h4,6,8,12,14-16,21H,5,7,9-11,13,26H2,1-3H3,(H,28,33)(H,29,31)/t15-,16-,21?,25?/m0/s1. The Morgan fingerprint density at radius 2 is 2.12 bits per heavy atom. The van der Waals surface area contributed by atoms with Crippen molar-refractivity contribution in [2.24, 2.45) is 11.7 Å². The van der Waals surface area contributed by atoms with Crippen LogP contribution in [0.25, 0.3) is 0 Å². The number of amides is 3. The number of hydrogen-bond acceptors (Lipinski definition) is 6. The van der Waals surface area contributed by atoms with E-state index in [0.717, 1.165) is 41.0 Å². The van der Waals surface area contributed by atoms with Crippen LogP contribution < -0.4 is 21.3 Å². The van der Waals surface area contributed by atoms with Gasteiger partial charge in [0.2, 0.25) is 11.8 Å². The lowest BCUT2D eigenvalue weighted by Crippen LogP contribution is -2.67. The van der Waals surface area contributed by atoms with Gasteiger partial charge in [0.25, 0.3) is 5.91 Å². The minimum atomic E-state index is -1.51. The van der Waals surface area contributed by atoms with Crippen LogP contribution in [0.4, 0.5) is 5.69 Å². The number of hydrogen-bond donors (Lipinski definition) is 3. The largest absolute Gasteiger partial charge is 0.354 e. The fraction of sp³-hybridized carbons (Fsp3) is 0.520. The Morgan fingerprint density at radius 3 is 2.82 bits per heavy atom. The second-order valence-electron chi connectivity index (χ2n) is 9.51. The van der Waals surface area contributed by atoms with E-state index in [1.807, 2.05) is 25.1 Å². The maximum atomic E-state index is 13.7. The molecule has 4 N–H and O–H groups in total. The van der Waals surface area contributed by atoms with Gasteiger partial charge in [0.1, 0.15) is 0 Å². The summed E-state index contributed by atoms with van der Waals surface area (Å²) in [6.45, 7) is 5.90. The summed E-state index contributed by atoms with van der Waals surface area (Å²) in [6.07, 6.45) is 4.97. The number of aromatic nitrogens is 1. The molecule has 0 aliphatic carbocycles. The number of nitrogens with zero attached hydrogens (tertiary/aromatic N) is 2. The number of benzene rings is 1. The number of anilines is 1. The number of para-hydroxylation sites is 1. The van der Waals surface area contributed by atoms with Crippen LogP contribution in [-0.4, -0.2) is 34.4 Å². The minimum Gasteiger partial charge on any atom is -0.354 e. The first-order valence-electron chi connectivity index (χ1n) is 11.9. The molecule has 2 aliphatic rings. The SMILES string of the molecule is CC(=O)N[C@@H](C)[C@@H](C)CCC1c2cccc3c2N(C(=O)CCC3)C1(N)C(=O)NCc1cncs1. The Morgan fingerprint density at radius 1 is 1.32 bits per heavy atom. The van der Waals surface area contributed by atoms with Crippen molar-refractivity contribution >= 4 is 34.7 Å². The Balaban J connectivity index is 1.67. The molecule has 0 spiro atoms. The number of rotatable bonds is 8. The third-order valence-corrected chi connectivity index (χ3v) is 7.98. The van der Waals surface area contributed by atoms with Gasteiger partial charge in [0.15, 0.2) is 5.66 Å². The van der Waals surface area contributed by atoms with Gasteiger partial charge < -0.3 is 10.6 Å². The molecule has 1 aromatic heterocycles. The lowest BCUT2D eigenvalue weighted by molar-refractivity contribution is -0.131. The van der Waals surface area contributed by atoms with Crippen molar-refractivity contribution in [3.05, 3.63) is 45.9 Å². The second kappa shape index (κ2) is 9.84. The summed E-state index contributed by atoms with van der Waals surface area (Å²) < 4.78 is 0. The summed E-state index contributed by atoms with van der Waals surface area (Å²) in [6, 6.07) is 6.03. The number of aryl methyl sites for hydroxylation is 1. The number of thiazole rings is 1. The summed E-state index contributed by atoms with van der Waals surface area (Å²) in [4.78, 5) is 45.1. The molecule has 2 aliphatic heterocycles. The van der Waals surface area contributed by atoms with E-state index in [1.54, 1.807) is 16.6 Å². The summed E-state index contributed by atoms with van der Waals surface area (Å²) in [5.41, 5.74) is 10.1. The minimum absolute atomic E-state index is 0.00587. The van der Waals surface area contributed by atoms with E-state index in [9.17, 15) is 14.4 Å². The maximum Gasteiger partial charge on any atom is 0.262 e. The highest BCUT2D eigenvalue weighted by Gasteiger charge is 2.57. The molecule has 3 heterocycles. The predicted molar refractivity (Wildman–Crippen MR) is 132 cm³/mol. The molecule has 4 atom stereocenters. The average molecular weight is 484 g/mol. The van der Waals surface area contributed by atoms with Gasteiger partial charge in [0, 0.05) is 36.4 Å². The van der Waals surface area contributed by atoms with E-state index in [0.29, 0.717) is 19.4 Å². The summed E-state index contributed by atoms with van der Waals surface area (Å²) in [5, 5.41) is 5.93. The molecular weight excluding hydrogens is 450 g/mol. The molecule has 0 radical (unpaired) electrons. The molecule has 8 nitrogen and oxygen atoms in total. The Kier molecular flexibility index (Phi) is 7.04. The fourth-order valence-corrected chi connectivity index (χ4v) is 5.77. The van der Waals surface area contributed by atoms with E-state index in [1.165, 1.54) is 18.3 Å². The molecule has 34 heavy (non-hydrogen) atoms. The lowest BCUT2D eigenvalue weighted by Gasteiger charge is -2.38. The molecule has 0 saturated heterocycles. The zero-order valence-electron chi connectivity index (χ0n) is 20.0. The van der Waals surface area contributed by atoms with E-state index in [-0.39, 0.29) is 35.6 Å². The first-order chi connectivity index (χ1) is 16.2. The zero-order valence-corrected chi connectivity index (χ0v) is 20.8. The van der Waals surface area contributed by atoms with E-state index >= 15 is 0 Å². The van der Waals surface area contributed by atoms with Crippen molar-refractivity contribution in [1.29, 1.82) is 0 Å². The molecule has 0 saturated carbocycles. The number of carbonyl (C=O) groups is 3. The lowest BCUT2D eigenvalue weighted by atomic mass is 9.81. The highest BCUT2D eigenvalue weighted by Crippen LogP contribution is 2.51. The highest BCUT2D eigenvalue weighted by atomic mass is 32.1. The molecule has 182 valence electrons. The van der Waals surface area contributed by atoms with Crippen LogP contribution in [0, 0.1) is 5.92 Å². The zero-order chi connectivity index (χ0) is 24.5. The quantitative estimate of drug-likeness (QED) is 0.534. The second-order valence-corrected chi connectivity index (χ2v) is 10.5. The first kappa shape index (κ1) is 24.3. The Hall–Kier alpha value is -2.78. The monoisotopic (exact) mass is 483 g/mol. The highest BCUT2D eigenvalue weighted by molar-refractivity contribution is 7.09. The van der Waals surface area contributed by atoms with Crippen LogP contribution in [0.5, 0.6) is 0 Å². The molecule has 2 unspecified atom stereocenters. The van der Waals surface area contributed by atoms with Crippen molar-refractivity contribution in [2.75, 3.05) is 4.90 Å². The average Bonchev–Trinajstić information content (AvgIpc) is 3.35. The number of nitrogens with one attached hydrogen (secondary N) is 2. The van der Waals surface area contributed by atoms with Gasteiger partial charge in [-0.05, 0) is 49.7 Å². The van der Waals surface area contributed by atoms with Crippen molar-refractivity contribution < 1.29 is 14.4 Å². The Labute approximate surface area is 204 Å². The van der Waals surface area contributed by atoms with Crippen LogP contribution in [-0.2, 0) is 27.3 Å². The smallest absolute Gasteiger partial charge is 0.262 e. The van der Waals surface area contributed by atoms with Gasteiger partial charge in [-0.15, -0.1) is 11.3 Å². The molecule has 0 bridgehead atoms. The van der Waals surface area contributed by atoms with Crippen LogP contribution in [0.1, 0.15) is 68.4 Å². The first-order valence-corrected chi connectivity index (χ1v) is 12.8. The Bertz CT molecular complexity index is 1070. The molecule has 1 aromatic carbocycles. The van der Waals surface area contributed by atoms with Gasteiger partial charge in [-0.3, -0.25) is 30.0 Å². The third-order valence-electron chi connectivity index (χ3n) is 7.20. The van der Waals surface area contributed by atoms with Crippen LogP contribution in [0.2, 0.25) is 0 Å². The predicted octanol–water partition coefficient (Wildman–Crippen LogP) is 2.82. The van der Waals surface area contributed by atoms with E-state index in [4.69, 9.17) is 5.73 Å². The van der Waals surface area contributed by atoms with Gasteiger partial charge in [-0.1, -0.05) is 25.1 Å². The summed E-state index contributed by atoms with van der Waals surface area (Å²) in [5.74, 6) is -0.699. The molecule has 0 fully saturated rings. The van der Waals surface area contributed by atoms with Crippen molar-refractivity contribution in [3.8, 4) is 0 Å². The van der Waals surface area contributed by atoms with Crippen molar-refractivity contribution in [3.63, 3.8) is 0 Å². The topological polar surface area (TPSA) is 117 Å². The van der Waals surface area contributed by atoms with Crippen LogP contribution in [0.15, 0.2) is 29.9 Å². The molecule has 3 amide bonds. The van der Waals surface area contributed by atoms with Crippen molar-refractivity contribution in [1.82, 2.24) is 15.6 Å². The van der Waals surface area contributed by atoms with E-state index in [2.05, 4.69) is 22.5 Å². The van der Waals surface area contributed by atoms with Crippen LogP contribution in [0.3, 0.4) is 0 Å². The molecular formula is C25H33N5O3S. The van der Waals surface area contributed by atoms with E-state index < -0.39 is 5.66 Å². The molecule has 4 rings (SSSR count). The van der Waals surface area contributed by atoms with Gasteiger partial charge >= 0.3 is 0 Å². The normalized spacial score (nSPS) is 23.1. The van der Waals surface area contributed by atoms with Gasteiger partial charge in [0.05, 0.1) is 17.7 Å². The van der Waals surface area contributed by atoms with Gasteiger partial charge in [-0.2, -0.15) is 0 Å². The molecule has 2 aromatic rings. The fourth-order valence-electron chi connectivity index (χ4n) is 5.23. The summed E-state index contributed by atoms with van der Waals surface area (Å²) >= 11 is 1.46. The maximum absolute atomic E-state index is 13.7. The van der Waals surface area contributed by atoms with Crippen molar-refractivity contribution in [2.45, 2.75) is 77.0 Å². The molecule has 9 heteroatoms.